The molecule has 0 aromatic carbocycles. The molecule has 2 atom stereocenters. The highest BCUT2D eigenvalue weighted by Crippen LogP contribution is 2.62. The fourth-order valence-electron chi connectivity index (χ4n) is 1.92. The summed E-state index contributed by atoms with van der Waals surface area (Å²) in [6.07, 6.45) is 9.42. The summed E-state index contributed by atoms with van der Waals surface area (Å²) in [6, 6.07) is 0. The van der Waals surface area contributed by atoms with E-state index in [4.69, 9.17) is 23.2 Å². The van der Waals surface area contributed by atoms with E-state index in [1.165, 1.54) is 25.7 Å². The molecule has 1 saturated carbocycles. The van der Waals surface area contributed by atoms with E-state index in [0.29, 0.717) is 11.8 Å². The molecule has 2 heteroatoms. The molecular weight excluding hydrogens is 179 g/mol. The molecule has 0 heterocycles. The van der Waals surface area contributed by atoms with E-state index in [1.54, 1.807) is 0 Å². The summed E-state index contributed by atoms with van der Waals surface area (Å²) >= 11 is 12.1. The van der Waals surface area contributed by atoms with Gasteiger partial charge in [-0.3, -0.25) is 0 Å². The van der Waals surface area contributed by atoms with Crippen LogP contribution in [0, 0.1) is 11.8 Å². The average Bonchev–Trinajstić information content (AvgIpc) is 2.29. The van der Waals surface area contributed by atoms with Crippen LogP contribution in [0.4, 0.5) is 0 Å². The van der Waals surface area contributed by atoms with E-state index in [9.17, 15) is 0 Å². The quantitative estimate of drug-likeness (QED) is 0.405. The molecule has 11 heavy (non-hydrogen) atoms. The minimum Gasteiger partial charge on any atom is -0.101 e. The maximum absolute atomic E-state index is 6.07. The Bertz CT molecular complexity index is 184. The van der Waals surface area contributed by atoms with Gasteiger partial charge in [0, 0.05) is 11.8 Å². The summed E-state index contributed by atoms with van der Waals surface area (Å²) in [7, 11) is 0. The van der Waals surface area contributed by atoms with Gasteiger partial charge in [0.2, 0.25) is 0 Å². The summed E-state index contributed by atoms with van der Waals surface area (Å²) in [4.78, 5) is 0. The molecule has 0 aromatic rings. The Kier molecular flexibility index (Phi) is 1.93. The van der Waals surface area contributed by atoms with Crippen LogP contribution in [0.2, 0.25) is 0 Å². The van der Waals surface area contributed by atoms with Crippen molar-refractivity contribution in [2.24, 2.45) is 11.8 Å². The molecule has 0 spiro atoms. The largest absolute Gasteiger partial charge is 0.128 e. The number of hydrogen-bond acceptors (Lipinski definition) is 0. The minimum atomic E-state index is -0.416. The van der Waals surface area contributed by atoms with Crippen molar-refractivity contribution in [3.8, 4) is 0 Å². The van der Waals surface area contributed by atoms with E-state index in [-0.39, 0.29) is 0 Å². The predicted octanol–water partition coefficient (Wildman–Crippen LogP) is 3.54. The number of hydrogen-bond donors (Lipinski definition) is 0. The third-order valence-electron chi connectivity index (χ3n) is 2.74. The number of alkyl halides is 2. The monoisotopic (exact) mass is 190 g/mol. The lowest BCUT2D eigenvalue weighted by molar-refractivity contribution is 0.603. The summed E-state index contributed by atoms with van der Waals surface area (Å²) in [5, 5.41) is 0. The van der Waals surface area contributed by atoms with Crippen molar-refractivity contribution < 1.29 is 0 Å². The highest BCUT2D eigenvalue weighted by atomic mass is 35.5. The Morgan fingerprint density at radius 2 is 2.09 bits per heavy atom. The third kappa shape index (κ3) is 1.31. The SMILES string of the molecule is ClC1(Cl)[C@H]2/C=C/CCCC[C@@H]21. The molecule has 0 N–H and O–H groups in total. The van der Waals surface area contributed by atoms with Crippen LogP contribution in [0.5, 0.6) is 0 Å². The molecule has 0 amide bonds. The fourth-order valence-corrected chi connectivity index (χ4v) is 2.73. The van der Waals surface area contributed by atoms with Crippen molar-refractivity contribution in [1.29, 1.82) is 0 Å². The number of fused-ring (bicyclic) bond motifs is 1. The highest BCUT2D eigenvalue weighted by Gasteiger charge is 2.60. The lowest BCUT2D eigenvalue weighted by Crippen LogP contribution is -1.89. The molecular formula is C9H12Cl2. The van der Waals surface area contributed by atoms with Crippen molar-refractivity contribution in [3.63, 3.8) is 0 Å². The topological polar surface area (TPSA) is 0 Å². The van der Waals surface area contributed by atoms with E-state index in [1.807, 2.05) is 0 Å². The van der Waals surface area contributed by atoms with Crippen molar-refractivity contribution >= 4 is 23.2 Å². The Labute approximate surface area is 77.6 Å². The smallest absolute Gasteiger partial charge is 0.101 e. The zero-order chi connectivity index (χ0) is 7.90. The van der Waals surface area contributed by atoms with Crippen molar-refractivity contribution in [2.75, 3.05) is 0 Å². The van der Waals surface area contributed by atoms with Gasteiger partial charge in [-0.2, -0.15) is 0 Å². The second-order valence-corrected chi connectivity index (χ2v) is 4.96. The minimum absolute atomic E-state index is 0.416. The molecule has 1 fully saturated rings. The van der Waals surface area contributed by atoms with Gasteiger partial charge in [-0.15, -0.1) is 23.2 Å². The van der Waals surface area contributed by atoms with E-state index >= 15 is 0 Å². The van der Waals surface area contributed by atoms with Crippen LogP contribution in [0.1, 0.15) is 25.7 Å². The van der Waals surface area contributed by atoms with Gasteiger partial charge in [0.25, 0.3) is 0 Å². The van der Waals surface area contributed by atoms with Gasteiger partial charge in [0.15, 0.2) is 0 Å². The molecule has 0 nitrogen and oxygen atoms in total. The van der Waals surface area contributed by atoms with Gasteiger partial charge in [-0.1, -0.05) is 18.6 Å². The lowest BCUT2D eigenvalue weighted by Gasteiger charge is -1.99. The van der Waals surface area contributed by atoms with Crippen LogP contribution >= 0.6 is 23.2 Å². The second kappa shape index (κ2) is 2.67. The van der Waals surface area contributed by atoms with Crippen LogP contribution in [-0.2, 0) is 0 Å². The third-order valence-corrected chi connectivity index (χ3v) is 3.81. The molecule has 0 saturated heterocycles. The zero-order valence-electron chi connectivity index (χ0n) is 6.39. The molecule has 0 unspecified atom stereocenters. The average molecular weight is 191 g/mol. The Hall–Kier alpha value is 0.320. The summed E-state index contributed by atoms with van der Waals surface area (Å²) in [6.45, 7) is 0. The zero-order valence-corrected chi connectivity index (χ0v) is 7.91. The molecule has 0 radical (unpaired) electrons. The first-order valence-corrected chi connectivity index (χ1v) is 5.03. The first-order chi connectivity index (χ1) is 5.23. The van der Waals surface area contributed by atoms with Crippen molar-refractivity contribution in [1.82, 2.24) is 0 Å². The van der Waals surface area contributed by atoms with Gasteiger partial charge in [0.1, 0.15) is 4.33 Å². The Balaban J connectivity index is 2.07. The Morgan fingerprint density at radius 1 is 1.27 bits per heavy atom. The summed E-state index contributed by atoms with van der Waals surface area (Å²) in [5.41, 5.74) is 0. The maximum Gasteiger partial charge on any atom is 0.128 e. The van der Waals surface area contributed by atoms with Crippen LogP contribution in [0.3, 0.4) is 0 Å². The van der Waals surface area contributed by atoms with Crippen molar-refractivity contribution in [2.45, 2.75) is 30.0 Å². The number of rotatable bonds is 0. The first kappa shape index (κ1) is 7.94. The van der Waals surface area contributed by atoms with Crippen LogP contribution in [-0.4, -0.2) is 4.33 Å². The van der Waals surface area contributed by atoms with Gasteiger partial charge in [-0.25, -0.2) is 0 Å². The molecule has 2 aliphatic carbocycles. The van der Waals surface area contributed by atoms with Crippen LogP contribution in [0.15, 0.2) is 12.2 Å². The highest BCUT2D eigenvalue weighted by molar-refractivity contribution is 6.51. The maximum atomic E-state index is 6.07. The van der Waals surface area contributed by atoms with Crippen molar-refractivity contribution in [3.05, 3.63) is 12.2 Å². The Morgan fingerprint density at radius 3 is 2.91 bits per heavy atom. The first-order valence-electron chi connectivity index (χ1n) is 4.27. The standard InChI is InChI=1S/C9H12Cl2/c10-9(11)7-5-3-1-2-4-6-8(7)9/h3,5,7-8H,1-2,4,6H2/b5-3+/t7-,8-/m0/s1. The summed E-state index contributed by atoms with van der Waals surface area (Å²) in [5.74, 6) is 0.994. The number of halogens is 2. The van der Waals surface area contributed by atoms with Crippen LogP contribution in [0.25, 0.3) is 0 Å². The van der Waals surface area contributed by atoms with Gasteiger partial charge in [-0.05, 0) is 19.3 Å². The van der Waals surface area contributed by atoms with E-state index < -0.39 is 4.33 Å². The summed E-state index contributed by atoms with van der Waals surface area (Å²) < 4.78 is -0.416. The van der Waals surface area contributed by atoms with Gasteiger partial charge in [0.05, 0.1) is 0 Å². The molecule has 62 valence electrons. The second-order valence-electron chi connectivity index (χ2n) is 3.52. The van der Waals surface area contributed by atoms with Crippen LogP contribution < -0.4 is 0 Å². The van der Waals surface area contributed by atoms with Gasteiger partial charge < -0.3 is 0 Å². The predicted molar refractivity (Wildman–Crippen MR) is 49.0 cm³/mol. The van der Waals surface area contributed by atoms with Gasteiger partial charge >= 0.3 is 0 Å². The lowest BCUT2D eigenvalue weighted by atomic mass is 10.1. The molecule has 0 aromatic heterocycles. The fraction of sp³-hybridized carbons (Fsp3) is 0.778. The molecule has 2 rings (SSSR count). The van der Waals surface area contributed by atoms with E-state index in [0.717, 1.165) is 0 Å². The van der Waals surface area contributed by atoms with E-state index in [2.05, 4.69) is 12.2 Å². The number of allylic oxidation sites excluding steroid dienone is 2. The molecule has 2 aliphatic rings. The molecule has 0 bridgehead atoms. The molecule has 0 aliphatic heterocycles. The normalized spacial score (nSPS) is 43.5.